The van der Waals surface area contributed by atoms with Crippen molar-refractivity contribution in [2.45, 2.75) is 25.2 Å². The number of aryl methyl sites for hydroxylation is 1. The van der Waals surface area contributed by atoms with E-state index in [2.05, 4.69) is 37.2 Å². The lowest BCUT2D eigenvalue weighted by Gasteiger charge is -2.34. The summed E-state index contributed by atoms with van der Waals surface area (Å²) in [5.74, 6) is 0.538. The molecule has 0 atom stereocenters. The van der Waals surface area contributed by atoms with Crippen LogP contribution >= 0.6 is 15.9 Å². The molecule has 4 heterocycles. The van der Waals surface area contributed by atoms with E-state index in [1.54, 1.807) is 4.68 Å². The SMILES string of the molecule is Cn1nc2c(c1Br)C(=O)N(CCN1CCC(c3noc4ccccc34)CC1)CC2. The smallest absolute Gasteiger partial charge is 0.258 e. The molecule has 1 amide bonds. The van der Waals surface area contributed by atoms with Crippen LogP contribution in [0.15, 0.2) is 33.4 Å². The molecule has 2 aliphatic rings. The first kappa shape index (κ1) is 18.8. The Hall–Kier alpha value is -2.19. The first-order valence-corrected chi connectivity index (χ1v) is 11.0. The molecule has 0 N–H and O–H groups in total. The third-order valence-electron chi connectivity index (χ3n) is 6.24. The molecule has 1 fully saturated rings. The Balaban J connectivity index is 1.18. The van der Waals surface area contributed by atoms with Crippen molar-refractivity contribution in [1.82, 2.24) is 24.7 Å². The van der Waals surface area contributed by atoms with E-state index in [1.807, 2.05) is 30.1 Å². The first-order valence-electron chi connectivity index (χ1n) is 10.2. The van der Waals surface area contributed by atoms with Crippen LogP contribution in [0.25, 0.3) is 11.0 Å². The average molecular weight is 458 g/mol. The molecule has 2 aromatic heterocycles. The zero-order chi connectivity index (χ0) is 20.0. The van der Waals surface area contributed by atoms with Gasteiger partial charge in [0, 0.05) is 44.4 Å². The molecule has 3 aromatic rings. The normalized spacial score (nSPS) is 18.6. The van der Waals surface area contributed by atoms with Crippen molar-refractivity contribution in [3.63, 3.8) is 0 Å². The van der Waals surface area contributed by atoms with Gasteiger partial charge >= 0.3 is 0 Å². The van der Waals surface area contributed by atoms with E-state index in [1.165, 1.54) is 0 Å². The maximum atomic E-state index is 12.9. The highest BCUT2D eigenvalue weighted by atomic mass is 79.9. The number of aromatic nitrogens is 3. The van der Waals surface area contributed by atoms with E-state index in [0.29, 0.717) is 5.92 Å². The maximum Gasteiger partial charge on any atom is 0.258 e. The van der Waals surface area contributed by atoms with Gasteiger partial charge in [0.1, 0.15) is 4.60 Å². The summed E-state index contributed by atoms with van der Waals surface area (Å²) in [6.45, 7) is 4.46. The molecule has 152 valence electrons. The number of fused-ring (bicyclic) bond motifs is 2. The van der Waals surface area contributed by atoms with E-state index < -0.39 is 0 Å². The van der Waals surface area contributed by atoms with Gasteiger partial charge in [-0.2, -0.15) is 5.10 Å². The number of piperidine rings is 1. The van der Waals surface area contributed by atoms with Gasteiger partial charge in [-0.3, -0.25) is 9.48 Å². The largest absolute Gasteiger partial charge is 0.356 e. The Morgan fingerprint density at radius 2 is 1.97 bits per heavy atom. The van der Waals surface area contributed by atoms with Gasteiger partial charge in [-0.05, 0) is 54.0 Å². The second-order valence-electron chi connectivity index (χ2n) is 7.96. The highest BCUT2D eigenvalue weighted by Crippen LogP contribution is 2.32. The lowest BCUT2D eigenvalue weighted by Crippen LogP contribution is -2.44. The molecule has 0 unspecified atom stereocenters. The molecule has 0 spiro atoms. The first-order chi connectivity index (χ1) is 14.1. The fraction of sp³-hybridized carbons (Fsp3) is 0.476. The van der Waals surface area contributed by atoms with Crippen molar-refractivity contribution in [2.75, 3.05) is 32.7 Å². The fourth-order valence-corrected chi connectivity index (χ4v) is 5.03. The van der Waals surface area contributed by atoms with Crippen LogP contribution in [0.1, 0.15) is 40.5 Å². The van der Waals surface area contributed by atoms with Gasteiger partial charge < -0.3 is 14.3 Å². The highest BCUT2D eigenvalue weighted by Gasteiger charge is 2.31. The summed E-state index contributed by atoms with van der Waals surface area (Å²) in [4.78, 5) is 17.3. The number of nitrogens with zero attached hydrogens (tertiary/aromatic N) is 5. The Morgan fingerprint density at radius 3 is 2.79 bits per heavy atom. The van der Waals surface area contributed by atoms with Gasteiger partial charge in [0.25, 0.3) is 5.91 Å². The van der Waals surface area contributed by atoms with Crippen molar-refractivity contribution >= 4 is 32.8 Å². The summed E-state index contributed by atoms with van der Waals surface area (Å²) in [6, 6.07) is 8.09. The van der Waals surface area contributed by atoms with Crippen LogP contribution in [0.5, 0.6) is 0 Å². The molecule has 2 aliphatic heterocycles. The third-order valence-corrected chi connectivity index (χ3v) is 7.14. The van der Waals surface area contributed by atoms with Crippen LogP contribution in [-0.4, -0.2) is 63.4 Å². The van der Waals surface area contributed by atoms with Crippen LogP contribution in [-0.2, 0) is 13.5 Å². The molecule has 0 aliphatic carbocycles. The summed E-state index contributed by atoms with van der Waals surface area (Å²) in [5, 5.41) is 9.93. The summed E-state index contributed by atoms with van der Waals surface area (Å²) in [5.41, 5.74) is 3.60. The summed E-state index contributed by atoms with van der Waals surface area (Å²) < 4.78 is 8.01. The van der Waals surface area contributed by atoms with E-state index in [9.17, 15) is 4.79 Å². The Kier molecular flexibility index (Phi) is 4.91. The van der Waals surface area contributed by atoms with E-state index in [-0.39, 0.29) is 5.91 Å². The highest BCUT2D eigenvalue weighted by molar-refractivity contribution is 9.10. The standard InChI is InChI=1S/C21H24BrN5O2/c1-25-20(22)18-16(23-25)8-11-27(21(18)28)13-12-26-9-6-14(7-10-26)19-15-4-2-3-5-17(15)29-24-19/h2-5,14H,6-13H2,1H3. The minimum atomic E-state index is 0.0928. The molecular weight excluding hydrogens is 434 g/mol. The molecule has 1 aromatic carbocycles. The second kappa shape index (κ2) is 7.57. The van der Waals surface area contributed by atoms with Crippen molar-refractivity contribution in [3.8, 4) is 0 Å². The van der Waals surface area contributed by atoms with Crippen LogP contribution in [0.3, 0.4) is 0 Å². The number of halogens is 1. The number of likely N-dealkylation sites (tertiary alicyclic amines) is 1. The van der Waals surface area contributed by atoms with Crippen molar-refractivity contribution < 1.29 is 9.32 Å². The van der Waals surface area contributed by atoms with Crippen molar-refractivity contribution in [3.05, 3.63) is 45.8 Å². The zero-order valence-electron chi connectivity index (χ0n) is 16.5. The molecule has 1 saturated heterocycles. The topological polar surface area (TPSA) is 67.4 Å². The Morgan fingerprint density at radius 1 is 1.17 bits per heavy atom. The van der Waals surface area contributed by atoms with Gasteiger partial charge in [-0.15, -0.1) is 0 Å². The van der Waals surface area contributed by atoms with Crippen molar-refractivity contribution in [2.24, 2.45) is 7.05 Å². The number of hydrogen-bond acceptors (Lipinski definition) is 5. The summed E-state index contributed by atoms with van der Waals surface area (Å²) in [6.07, 6.45) is 2.97. The van der Waals surface area contributed by atoms with E-state index in [0.717, 1.165) is 84.5 Å². The predicted octanol–water partition coefficient (Wildman–Crippen LogP) is 3.20. The van der Waals surface area contributed by atoms with Crippen LogP contribution in [0, 0.1) is 0 Å². The summed E-state index contributed by atoms with van der Waals surface area (Å²) >= 11 is 3.50. The quantitative estimate of drug-likeness (QED) is 0.601. The molecule has 0 radical (unpaired) electrons. The predicted molar refractivity (Wildman–Crippen MR) is 113 cm³/mol. The minimum Gasteiger partial charge on any atom is -0.356 e. The Labute approximate surface area is 177 Å². The lowest BCUT2D eigenvalue weighted by molar-refractivity contribution is 0.0709. The Bertz CT molecular complexity index is 1050. The number of carbonyl (C=O) groups excluding carboxylic acids is 1. The van der Waals surface area contributed by atoms with Crippen LogP contribution in [0.4, 0.5) is 0 Å². The van der Waals surface area contributed by atoms with Crippen LogP contribution < -0.4 is 0 Å². The number of rotatable bonds is 4. The minimum absolute atomic E-state index is 0.0928. The third kappa shape index (κ3) is 3.38. The molecule has 7 nitrogen and oxygen atoms in total. The maximum absolute atomic E-state index is 12.9. The number of amides is 1. The molecule has 8 heteroatoms. The molecule has 5 rings (SSSR count). The zero-order valence-corrected chi connectivity index (χ0v) is 18.1. The molecule has 0 saturated carbocycles. The van der Waals surface area contributed by atoms with Crippen LogP contribution in [0.2, 0.25) is 0 Å². The lowest BCUT2D eigenvalue weighted by atomic mass is 9.91. The van der Waals surface area contributed by atoms with E-state index >= 15 is 0 Å². The van der Waals surface area contributed by atoms with E-state index in [4.69, 9.17) is 4.52 Å². The number of para-hydroxylation sites is 1. The van der Waals surface area contributed by atoms with Gasteiger partial charge in [-0.25, -0.2) is 0 Å². The monoisotopic (exact) mass is 457 g/mol. The van der Waals surface area contributed by atoms with Gasteiger partial charge in [0.2, 0.25) is 0 Å². The van der Waals surface area contributed by atoms with Gasteiger partial charge in [-0.1, -0.05) is 17.3 Å². The van der Waals surface area contributed by atoms with Crippen molar-refractivity contribution in [1.29, 1.82) is 0 Å². The number of hydrogen-bond donors (Lipinski definition) is 0. The average Bonchev–Trinajstić information content (AvgIpc) is 3.29. The van der Waals surface area contributed by atoms with Gasteiger partial charge in [0.15, 0.2) is 5.58 Å². The van der Waals surface area contributed by atoms with Gasteiger partial charge in [0.05, 0.1) is 17.0 Å². The number of carbonyl (C=O) groups is 1. The second-order valence-corrected chi connectivity index (χ2v) is 8.71. The molecule has 0 bridgehead atoms. The molecule has 29 heavy (non-hydrogen) atoms. The number of benzene rings is 1. The fourth-order valence-electron chi connectivity index (χ4n) is 4.55. The summed E-state index contributed by atoms with van der Waals surface area (Å²) in [7, 11) is 1.86. The molecular formula is C21H24BrN5O2.